The zero-order valence-corrected chi connectivity index (χ0v) is 49.3. The van der Waals surface area contributed by atoms with Gasteiger partial charge in [-0.1, -0.05) is 226 Å². The van der Waals surface area contributed by atoms with Crippen LogP contribution in [0.25, 0.3) is 0 Å². The molecular weight excluding hydrogens is 1010 g/mol. The molecule has 0 saturated carbocycles. The number of hydrogen-bond donors (Lipinski definition) is 9. The predicted octanol–water partition coefficient (Wildman–Crippen LogP) is 11.2. The van der Waals surface area contributed by atoms with Crippen molar-refractivity contribution in [3.05, 3.63) is 109 Å². The second kappa shape index (κ2) is 50.2. The molecule has 2 aliphatic heterocycles. The van der Waals surface area contributed by atoms with Gasteiger partial charge in [0.15, 0.2) is 12.6 Å². The molecule has 0 aromatic carbocycles. The molecule has 2 heterocycles. The number of hydrogen-bond acceptors (Lipinski definition) is 13. The van der Waals surface area contributed by atoms with E-state index >= 15 is 0 Å². The highest BCUT2D eigenvalue weighted by atomic mass is 16.7. The Kier molecular flexibility index (Phi) is 45.6. The molecule has 0 radical (unpaired) electrons. The second-order valence-electron chi connectivity index (χ2n) is 21.5. The van der Waals surface area contributed by atoms with Gasteiger partial charge in [-0.05, 0) is 83.5 Å². The molecule has 2 rings (SSSR count). The summed E-state index contributed by atoms with van der Waals surface area (Å²) in [6.07, 6.45) is 53.9. The number of nitrogens with one attached hydrogen (secondary N) is 1. The molecule has 14 nitrogen and oxygen atoms in total. The number of unbranched alkanes of at least 4 members (excludes halogenated alkanes) is 17. The predicted molar refractivity (Wildman–Crippen MR) is 322 cm³/mol. The molecule has 12 atom stereocenters. The van der Waals surface area contributed by atoms with Crippen molar-refractivity contribution in [1.29, 1.82) is 0 Å². The number of amides is 1. The van der Waals surface area contributed by atoms with Crippen molar-refractivity contribution < 1.29 is 64.6 Å². The fourth-order valence-electron chi connectivity index (χ4n) is 9.52. The first-order valence-corrected chi connectivity index (χ1v) is 31.1. The average Bonchev–Trinajstić information content (AvgIpc) is 3.46. The minimum absolute atomic E-state index is 0.224. The van der Waals surface area contributed by atoms with Crippen LogP contribution < -0.4 is 5.32 Å². The first-order chi connectivity index (χ1) is 39.1. The van der Waals surface area contributed by atoms with Crippen LogP contribution in [0.5, 0.6) is 0 Å². The van der Waals surface area contributed by atoms with Crippen LogP contribution in [0.4, 0.5) is 0 Å². The van der Waals surface area contributed by atoms with E-state index in [1.165, 1.54) is 51.4 Å². The summed E-state index contributed by atoms with van der Waals surface area (Å²) < 4.78 is 22.8. The zero-order valence-electron chi connectivity index (χ0n) is 49.3. The Labute approximate surface area is 483 Å². The first-order valence-electron chi connectivity index (χ1n) is 31.1. The Morgan fingerprint density at radius 3 is 1.32 bits per heavy atom. The number of aliphatic hydroxyl groups is 8. The van der Waals surface area contributed by atoms with Crippen LogP contribution >= 0.6 is 0 Å². The Morgan fingerprint density at radius 2 is 0.863 bits per heavy atom. The lowest BCUT2D eigenvalue weighted by atomic mass is 9.97. The smallest absolute Gasteiger partial charge is 0.220 e. The second-order valence-corrected chi connectivity index (χ2v) is 21.5. The van der Waals surface area contributed by atoms with Gasteiger partial charge in [0.2, 0.25) is 5.91 Å². The molecule has 9 N–H and O–H groups in total. The molecule has 0 bridgehead atoms. The molecule has 1 amide bonds. The largest absolute Gasteiger partial charge is 0.394 e. The van der Waals surface area contributed by atoms with Gasteiger partial charge in [0, 0.05) is 6.42 Å². The van der Waals surface area contributed by atoms with Crippen LogP contribution in [0, 0.1) is 0 Å². The monoisotopic (exact) mass is 1130 g/mol. The maximum Gasteiger partial charge on any atom is 0.220 e. The molecule has 458 valence electrons. The van der Waals surface area contributed by atoms with E-state index in [-0.39, 0.29) is 18.9 Å². The van der Waals surface area contributed by atoms with Crippen molar-refractivity contribution >= 4 is 5.91 Å². The minimum atomic E-state index is -1.79. The fraction of sp³-hybridized carbons (Fsp3) is 0.712. The van der Waals surface area contributed by atoms with Gasteiger partial charge in [-0.25, -0.2) is 0 Å². The number of carbonyl (C=O) groups is 1. The van der Waals surface area contributed by atoms with Crippen LogP contribution in [0.3, 0.4) is 0 Å². The van der Waals surface area contributed by atoms with Crippen LogP contribution in [0.2, 0.25) is 0 Å². The third-order valence-electron chi connectivity index (χ3n) is 14.5. The van der Waals surface area contributed by atoms with Gasteiger partial charge < -0.3 is 65.1 Å². The fourth-order valence-corrected chi connectivity index (χ4v) is 9.52. The summed E-state index contributed by atoms with van der Waals surface area (Å²) in [6.45, 7) is 2.70. The number of aliphatic hydroxyl groups excluding tert-OH is 8. The lowest BCUT2D eigenvalue weighted by molar-refractivity contribution is -0.359. The first kappa shape index (κ1) is 72.8. The van der Waals surface area contributed by atoms with E-state index in [1.54, 1.807) is 0 Å². The van der Waals surface area contributed by atoms with Crippen molar-refractivity contribution in [3.63, 3.8) is 0 Å². The van der Waals surface area contributed by atoms with E-state index in [1.807, 2.05) is 0 Å². The van der Waals surface area contributed by atoms with Crippen molar-refractivity contribution in [2.24, 2.45) is 0 Å². The van der Waals surface area contributed by atoms with Crippen molar-refractivity contribution in [2.75, 3.05) is 19.8 Å². The third kappa shape index (κ3) is 34.9. The molecular formula is C66H111NO13. The van der Waals surface area contributed by atoms with Gasteiger partial charge in [-0.2, -0.15) is 0 Å². The molecule has 2 fully saturated rings. The Bertz CT molecular complexity index is 1760. The van der Waals surface area contributed by atoms with Crippen molar-refractivity contribution in [2.45, 2.75) is 280 Å². The maximum atomic E-state index is 13.3. The quantitative estimate of drug-likeness (QED) is 0.0204. The topological polar surface area (TPSA) is 228 Å². The summed E-state index contributed by atoms with van der Waals surface area (Å²) >= 11 is 0. The van der Waals surface area contributed by atoms with Gasteiger partial charge in [0.05, 0.1) is 32.0 Å². The van der Waals surface area contributed by atoms with Gasteiger partial charge in [-0.15, -0.1) is 0 Å². The number of rotatable bonds is 48. The van der Waals surface area contributed by atoms with Gasteiger partial charge in [0.25, 0.3) is 0 Å². The van der Waals surface area contributed by atoms with E-state index in [0.29, 0.717) is 12.8 Å². The van der Waals surface area contributed by atoms with Gasteiger partial charge in [-0.3, -0.25) is 4.79 Å². The van der Waals surface area contributed by atoms with Crippen molar-refractivity contribution in [3.8, 4) is 0 Å². The molecule has 0 aromatic heterocycles. The molecule has 14 heteroatoms. The standard InChI is InChI=1S/C66H111NO13/c1-3-5-7-9-11-13-15-16-17-18-19-20-21-22-23-24-25-26-27-28-29-30-31-32-33-34-35-36-37-38-40-42-44-46-48-50-58(71)67-54(55(70)49-47-45-43-41-39-14-12-10-8-6-4-2)53-77-65-63(76)61(74)64(57(52-69)79-65)80-66-62(75)60(73)59(72)56(51-68)78-66/h5,7,11,13,16-17,19-20,22-23,25-26,28-29,31-32,34-35,54-57,59-66,68-70,72-76H,3-4,6,8-10,12,14-15,18,21,24,27,30,33,36-53H2,1-2H3,(H,67,71)/b7-5-,13-11-,17-16-,20-19-,23-22-,26-25-,29-28-,32-31-,35-34-. The van der Waals surface area contributed by atoms with E-state index in [9.17, 15) is 45.6 Å². The Hall–Kier alpha value is -3.35. The highest BCUT2D eigenvalue weighted by Gasteiger charge is 2.51. The highest BCUT2D eigenvalue weighted by Crippen LogP contribution is 2.30. The van der Waals surface area contributed by atoms with Gasteiger partial charge in [0.1, 0.15) is 48.8 Å². The summed E-state index contributed by atoms with van der Waals surface area (Å²) in [6, 6.07) is -0.841. The summed E-state index contributed by atoms with van der Waals surface area (Å²) in [7, 11) is 0. The summed E-state index contributed by atoms with van der Waals surface area (Å²) in [4.78, 5) is 13.3. The normalized spacial score (nSPS) is 25.0. The summed E-state index contributed by atoms with van der Waals surface area (Å²) in [5.41, 5.74) is 0. The highest BCUT2D eigenvalue weighted by molar-refractivity contribution is 5.76. The molecule has 0 spiro atoms. The van der Waals surface area contributed by atoms with Crippen LogP contribution in [-0.4, -0.2) is 140 Å². The lowest BCUT2D eigenvalue weighted by Gasteiger charge is -2.46. The zero-order chi connectivity index (χ0) is 58.1. The van der Waals surface area contributed by atoms with E-state index in [4.69, 9.17) is 18.9 Å². The van der Waals surface area contributed by atoms with Crippen molar-refractivity contribution in [1.82, 2.24) is 5.32 Å². The third-order valence-corrected chi connectivity index (χ3v) is 14.5. The summed E-state index contributed by atoms with van der Waals surface area (Å²) in [5, 5.41) is 87.1. The van der Waals surface area contributed by atoms with Crippen LogP contribution in [0.1, 0.15) is 206 Å². The molecule has 2 saturated heterocycles. The van der Waals surface area contributed by atoms with E-state index in [0.717, 1.165) is 122 Å². The van der Waals surface area contributed by atoms with Gasteiger partial charge >= 0.3 is 0 Å². The average molecular weight is 1130 g/mol. The Balaban J connectivity index is 1.65. The number of allylic oxidation sites excluding steroid dienone is 18. The van der Waals surface area contributed by atoms with Crippen LogP contribution in [-0.2, 0) is 23.7 Å². The number of carbonyl (C=O) groups excluding carboxylic acids is 1. The molecule has 2 aliphatic rings. The lowest BCUT2D eigenvalue weighted by Crippen LogP contribution is -2.65. The number of ether oxygens (including phenoxy) is 4. The SMILES string of the molecule is CC/C=C\C/C=C\C/C=C\C/C=C\C/C=C\C/C=C\C/C=C\C/C=C\C/C=C\CCCCCCCCCC(=O)NC(COC1OC(CO)C(OC2OC(CO)C(O)C(O)C2O)C(O)C1O)C(O)CCCCCCCCCCCCC. The van der Waals surface area contributed by atoms with E-state index in [2.05, 4.69) is 129 Å². The molecule has 80 heavy (non-hydrogen) atoms. The summed E-state index contributed by atoms with van der Waals surface area (Å²) in [5.74, 6) is -0.224. The van der Waals surface area contributed by atoms with E-state index < -0.39 is 86.8 Å². The molecule has 0 aliphatic carbocycles. The molecule has 12 unspecified atom stereocenters. The van der Waals surface area contributed by atoms with Crippen LogP contribution in [0.15, 0.2) is 109 Å². The Morgan fingerprint density at radius 1 is 0.463 bits per heavy atom. The minimum Gasteiger partial charge on any atom is -0.394 e. The molecule has 0 aromatic rings. The maximum absolute atomic E-state index is 13.3.